The lowest BCUT2D eigenvalue weighted by Gasteiger charge is -2.31. The number of hydrogen-bond acceptors (Lipinski definition) is 2. The van der Waals surface area contributed by atoms with Crippen molar-refractivity contribution in [2.24, 2.45) is 0 Å². The third-order valence-corrected chi connectivity index (χ3v) is 8.20. The lowest BCUT2D eigenvalue weighted by Crippen LogP contribution is -2.39. The molecule has 3 heteroatoms. The fourth-order valence-electron chi connectivity index (χ4n) is 2.17. The summed E-state index contributed by atoms with van der Waals surface area (Å²) in [6.45, 7) is 8.91. The summed E-state index contributed by atoms with van der Waals surface area (Å²) in [7, 11) is 2.84. The Morgan fingerprint density at radius 3 is 1.82 bits per heavy atom. The molecule has 0 saturated carbocycles. The van der Waals surface area contributed by atoms with Gasteiger partial charge < -0.3 is 9.33 Å². The normalized spacial score (nSPS) is 12.4. The molecule has 17 heavy (non-hydrogen) atoms. The van der Waals surface area contributed by atoms with Crippen molar-refractivity contribution >= 4 is 8.32 Å². The van der Waals surface area contributed by atoms with Crippen molar-refractivity contribution in [3.63, 3.8) is 0 Å². The van der Waals surface area contributed by atoms with Gasteiger partial charge in [-0.15, -0.1) is 0 Å². The van der Waals surface area contributed by atoms with Crippen LogP contribution in [0.15, 0.2) is 0 Å². The molecule has 0 unspecified atom stereocenters. The van der Waals surface area contributed by atoms with Crippen molar-refractivity contribution in [1.29, 1.82) is 0 Å². The molecule has 0 aliphatic heterocycles. The summed E-state index contributed by atoms with van der Waals surface area (Å²) in [5.41, 5.74) is 0. The van der Waals surface area contributed by atoms with E-state index in [1.54, 1.807) is 0 Å². The zero-order chi connectivity index (χ0) is 13.1. The van der Waals surface area contributed by atoms with Gasteiger partial charge in [-0.05, 0) is 32.2 Å². The first-order chi connectivity index (χ1) is 8.10. The van der Waals surface area contributed by atoms with Gasteiger partial charge in [-0.1, -0.05) is 46.5 Å². The van der Waals surface area contributed by atoms with E-state index >= 15 is 0 Å². The average molecular weight is 260 g/mol. The van der Waals surface area contributed by atoms with Gasteiger partial charge in [0.1, 0.15) is 0 Å². The minimum Gasteiger partial charge on any atom is -0.416 e. The minimum atomic E-state index is -1.40. The summed E-state index contributed by atoms with van der Waals surface area (Å²) in [6.07, 6.45) is 5.31. The van der Waals surface area contributed by atoms with E-state index in [0.29, 0.717) is 0 Å². The van der Waals surface area contributed by atoms with Crippen LogP contribution >= 0.6 is 0 Å². The van der Waals surface area contributed by atoms with Crippen LogP contribution in [-0.2, 0) is 4.43 Å². The molecule has 0 aromatic heterocycles. The molecule has 0 amide bonds. The number of unbranched alkanes of at least 4 members (excludes halogenated alkanes) is 2. The summed E-state index contributed by atoms with van der Waals surface area (Å²) >= 11 is 0. The van der Waals surface area contributed by atoms with E-state index in [1.165, 1.54) is 43.8 Å². The lowest BCUT2D eigenvalue weighted by atomic mass is 10.4. The summed E-state index contributed by atoms with van der Waals surface area (Å²) in [5.74, 6) is 0. The number of likely N-dealkylation sites (N-methyl/N-ethyl adjacent to an activating group) is 1. The molecule has 0 fully saturated rings. The molecule has 2 nitrogen and oxygen atoms in total. The highest BCUT2D eigenvalue weighted by Crippen LogP contribution is 2.27. The molecule has 0 bridgehead atoms. The van der Waals surface area contributed by atoms with Gasteiger partial charge >= 0.3 is 0 Å². The van der Waals surface area contributed by atoms with Crippen LogP contribution in [0.3, 0.4) is 0 Å². The first kappa shape index (κ1) is 17.1. The molecule has 0 aliphatic rings. The average Bonchev–Trinajstić information content (AvgIpc) is 2.32. The topological polar surface area (TPSA) is 12.5 Å². The third kappa shape index (κ3) is 7.95. The van der Waals surface area contributed by atoms with Crippen LogP contribution in [0.5, 0.6) is 0 Å². The molecule has 0 rings (SSSR count). The van der Waals surface area contributed by atoms with E-state index in [0.717, 1.165) is 13.2 Å². The Balaban J connectivity index is 4.22. The minimum absolute atomic E-state index is 0.931. The Labute approximate surface area is 110 Å². The predicted octanol–water partition coefficient (Wildman–Crippen LogP) is 4.13. The summed E-state index contributed by atoms with van der Waals surface area (Å²) in [6, 6.07) is 4.03. The first-order valence-electron chi connectivity index (χ1n) is 7.39. The summed E-state index contributed by atoms with van der Waals surface area (Å²) in [5, 5.41) is 0. The fraction of sp³-hybridized carbons (Fsp3) is 1.00. The van der Waals surface area contributed by atoms with Crippen molar-refractivity contribution in [2.45, 2.75) is 64.6 Å². The molecule has 0 radical (unpaired) electrons. The molecule has 104 valence electrons. The standard InChI is InChI=1S/C14H33NOSi/c1-6-9-13-17(8-3,14-10-7-2)16-12-11-15(4)5/h6-14H2,1-5H3. The van der Waals surface area contributed by atoms with Crippen LogP contribution in [0.1, 0.15) is 46.5 Å². The maximum Gasteiger partial charge on any atom is 0.192 e. The van der Waals surface area contributed by atoms with Crippen LogP contribution in [0.25, 0.3) is 0 Å². The van der Waals surface area contributed by atoms with Gasteiger partial charge in [0.25, 0.3) is 0 Å². The second-order valence-corrected chi connectivity index (χ2v) is 9.76. The van der Waals surface area contributed by atoms with Gasteiger partial charge in [0.2, 0.25) is 0 Å². The zero-order valence-electron chi connectivity index (χ0n) is 12.7. The van der Waals surface area contributed by atoms with E-state index in [-0.39, 0.29) is 0 Å². The van der Waals surface area contributed by atoms with Crippen molar-refractivity contribution in [2.75, 3.05) is 27.2 Å². The Kier molecular flexibility index (Phi) is 10.2. The molecule has 0 aliphatic carbocycles. The van der Waals surface area contributed by atoms with Crippen molar-refractivity contribution in [3.8, 4) is 0 Å². The maximum absolute atomic E-state index is 6.39. The zero-order valence-corrected chi connectivity index (χ0v) is 13.7. The molecule has 0 aromatic rings. The molecule has 0 heterocycles. The smallest absolute Gasteiger partial charge is 0.192 e. The Hall–Kier alpha value is 0.137. The Morgan fingerprint density at radius 1 is 0.941 bits per heavy atom. The predicted molar refractivity (Wildman–Crippen MR) is 80.2 cm³/mol. The van der Waals surface area contributed by atoms with E-state index in [4.69, 9.17) is 4.43 Å². The van der Waals surface area contributed by atoms with Gasteiger partial charge in [0.15, 0.2) is 8.32 Å². The first-order valence-corrected chi connectivity index (χ1v) is 9.92. The number of nitrogens with zero attached hydrogens (tertiary/aromatic N) is 1. The van der Waals surface area contributed by atoms with E-state index in [9.17, 15) is 0 Å². The monoisotopic (exact) mass is 259 g/mol. The van der Waals surface area contributed by atoms with Crippen molar-refractivity contribution in [1.82, 2.24) is 4.90 Å². The van der Waals surface area contributed by atoms with Crippen LogP contribution in [0.4, 0.5) is 0 Å². The Morgan fingerprint density at radius 2 is 1.47 bits per heavy atom. The number of rotatable bonds is 11. The largest absolute Gasteiger partial charge is 0.416 e. The van der Waals surface area contributed by atoms with Gasteiger partial charge in [0, 0.05) is 13.2 Å². The summed E-state index contributed by atoms with van der Waals surface area (Å²) in [4.78, 5) is 2.22. The molecule has 0 atom stereocenters. The van der Waals surface area contributed by atoms with E-state index in [2.05, 4.69) is 39.8 Å². The molecular formula is C14H33NOSi. The molecule has 0 spiro atoms. The highest BCUT2D eigenvalue weighted by atomic mass is 28.4. The highest BCUT2D eigenvalue weighted by molar-refractivity contribution is 6.73. The van der Waals surface area contributed by atoms with Crippen molar-refractivity contribution in [3.05, 3.63) is 0 Å². The van der Waals surface area contributed by atoms with E-state index in [1.807, 2.05) is 0 Å². The van der Waals surface area contributed by atoms with Crippen LogP contribution in [-0.4, -0.2) is 40.5 Å². The van der Waals surface area contributed by atoms with Gasteiger partial charge in [-0.3, -0.25) is 0 Å². The van der Waals surface area contributed by atoms with Gasteiger partial charge in [0.05, 0.1) is 0 Å². The molecular weight excluding hydrogens is 226 g/mol. The van der Waals surface area contributed by atoms with Gasteiger partial charge in [-0.25, -0.2) is 0 Å². The van der Waals surface area contributed by atoms with Crippen LogP contribution < -0.4 is 0 Å². The quantitative estimate of drug-likeness (QED) is 0.517. The second kappa shape index (κ2) is 10.1. The second-order valence-electron chi connectivity index (χ2n) is 5.40. The maximum atomic E-state index is 6.39. The van der Waals surface area contributed by atoms with E-state index < -0.39 is 8.32 Å². The fourth-order valence-corrected chi connectivity index (χ4v) is 6.14. The number of hydrogen-bond donors (Lipinski definition) is 0. The van der Waals surface area contributed by atoms with Gasteiger partial charge in [-0.2, -0.15) is 0 Å². The lowest BCUT2D eigenvalue weighted by molar-refractivity contribution is 0.246. The van der Waals surface area contributed by atoms with Crippen LogP contribution in [0, 0.1) is 0 Å². The molecule has 0 aromatic carbocycles. The SMILES string of the molecule is CCCC[Si](CC)(CCCC)OCCN(C)C. The van der Waals surface area contributed by atoms with Crippen molar-refractivity contribution < 1.29 is 4.43 Å². The Bertz CT molecular complexity index is 166. The summed E-state index contributed by atoms with van der Waals surface area (Å²) < 4.78 is 6.39. The highest BCUT2D eigenvalue weighted by Gasteiger charge is 2.31. The van der Waals surface area contributed by atoms with Crippen LogP contribution in [0.2, 0.25) is 18.1 Å². The molecule has 0 saturated heterocycles. The molecule has 0 N–H and O–H groups in total. The third-order valence-electron chi connectivity index (χ3n) is 3.56.